The van der Waals surface area contributed by atoms with Crippen LogP contribution in [0.2, 0.25) is 4.34 Å². The molecule has 2 atom stereocenters. The van der Waals surface area contributed by atoms with Gasteiger partial charge in [0.15, 0.2) is 0 Å². The molecule has 1 aliphatic heterocycles. The van der Waals surface area contributed by atoms with Gasteiger partial charge < -0.3 is 4.90 Å². The van der Waals surface area contributed by atoms with E-state index >= 15 is 0 Å². The monoisotopic (exact) mass is 260 g/mol. The molecule has 6 heteroatoms. The molecular formula is C10H17ClN4S. The molecular weight excluding hydrogens is 244 g/mol. The lowest BCUT2D eigenvalue weighted by molar-refractivity contribution is 0.249. The lowest BCUT2D eigenvalue weighted by atomic mass is 10.1. The van der Waals surface area contributed by atoms with Gasteiger partial charge in [-0.25, -0.2) is 0 Å². The van der Waals surface area contributed by atoms with Gasteiger partial charge in [-0.2, -0.15) is 0 Å². The maximum absolute atomic E-state index is 6.01. The Labute approximate surface area is 105 Å². The van der Waals surface area contributed by atoms with Crippen LogP contribution in [-0.2, 0) is 6.54 Å². The summed E-state index contributed by atoms with van der Waals surface area (Å²) in [6.45, 7) is 5.31. The van der Waals surface area contributed by atoms with Crippen molar-refractivity contribution in [3.8, 4) is 0 Å². The van der Waals surface area contributed by atoms with Gasteiger partial charge in [0, 0.05) is 37.2 Å². The molecule has 0 amide bonds. The fraction of sp³-hybridized carbons (Fsp3) is 0.800. The van der Waals surface area contributed by atoms with Crippen molar-refractivity contribution in [2.45, 2.75) is 19.5 Å². The molecule has 0 aliphatic carbocycles. The predicted molar refractivity (Wildman–Crippen MR) is 66.8 cm³/mol. The molecule has 4 nitrogen and oxygen atoms in total. The Kier molecular flexibility index (Phi) is 3.79. The van der Waals surface area contributed by atoms with E-state index in [-0.39, 0.29) is 0 Å². The van der Waals surface area contributed by atoms with Crippen LogP contribution in [0.5, 0.6) is 0 Å². The Morgan fingerprint density at radius 2 is 2.25 bits per heavy atom. The van der Waals surface area contributed by atoms with Gasteiger partial charge in [-0.05, 0) is 20.0 Å². The van der Waals surface area contributed by atoms with Crippen LogP contribution < -0.4 is 0 Å². The minimum absolute atomic E-state index is 0.630. The first-order valence-corrected chi connectivity index (χ1v) is 6.58. The van der Waals surface area contributed by atoms with Crippen molar-refractivity contribution in [3.05, 3.63) is 10.0 Å². The van der Waals surface area contributed by atoms with E-state index in [1.165, 1.54) is 11.5 Å². The van der Waals surface area contributed by atoms with Crippen molar-refractivity contribution in [2.75, 3.05) is 27.2 Å². The van der Waals surface area contributed by atoms with Gasteiger partial charge in [-0.15, -0.1) is 5.10 Å². The Bertz CT molecular complexity index is 354. The summed E-state index contributed by atoms with van der Waals surface area (Å²) in [7, 11) is 4.28. The van der Waals surface area contributed by atoms with Crippen molar-refractivity contribution in [1.29, 1.82) is 0 Å². The van der Waals surface area contributed by atoms with Gasteiger partial charge in [-0.3, -0.25) is 4.90 Å². The highest BCUT2D eigenvalue weighted by molar-refractivity contribution is 7.10. The van der Waals surface area contributed by atoms with E-state index in [0.717, 1.165) is 29.7 Å². The van der Waals surface area contributed by atoms with E-state index in [1.807, 2.05) is 0 Å². The van der Waals surface area contributed by atoms with Crippen LogP contribution in [0.1, 0.15) is 12.6 Å². The summed E-state index contributed by atoms with van der Waals surface area (Å²) in [5.41, 5.74) is 0.915. The molecule has 0 aromatic carbocycles. The van der Waals surface area contributed by atoms with Crippen LogP contribution >= 0.6 is 23.1 Å². The van der Waals surface area contributed by atoms with Gasteiger partial charge in [-0.1, -0.05) is 23.0 Å². The lowest BCUT2D eigenvalue weighted by Crippen LogP contribution is -2.34. The van der Waals surface area contributed by atoms with Crippen molar-refractivity contribution in [2.24, 2.45) is 5.92 Å². The van der Waals surface area contributed by atoms with Gasteiger partial charge in [0.2, 0.25) is 0 Å². The second kappa shape index (κ2) is 4.96. The zero-order valence-corrected chi connectivity index (χ0v) is 11.4. The van der Waals surface area contributed by atoms with Crippen LogP contribution in [0.15, 0.2) is 0 Å². The molecule has 0 radical (unpaired) electrons. The molecule has 2 unspecified atom stereocenters. The Hall–Kier alpha value is -0.230. The summed E-state index contributed by atoms with van der Waals surface area (Å²) in [6, 6.07) is 0.630. The lowest BCUT2D eigenvalue weighted by Gasteiger charge is -2.22. The molecule has 0 bridgehead atoms. The van der Waals surface area contributed by atoms with Crippen molar-refractivity contribution in [3.63, 3.8) is 0 Å². The standard InChI is InChI=1S/C10H17ClN4S/c1-7-4-15(6-9(7)14(2)3)5-8-10(11)16-13-12-8/h7,9H,4-6H2,1-3H3. The first-order chi connectivity index (χ1) is 7.58. The summed E-state index contributed by atoms with van der Waals surface area (Å²) >= 11 is 7.27. The highest BCUT2D eigenvalue weighted by atomic mass is 35.5. The average Bonchev–Trinajstić information content (AvgIpc) is 2.75. The third kappa shape index (κ3) is 2.53. The Morgan fingerprint density at radius 1 is 1.50 bits per heavy atom. The van der Waals surface area contributed by atoms with E-state index in [2.05, 4.69) is 40.4 Å². The Balaban J connectivity index is 1.96. The van der Waals surface area contributed by atoms with E-state index in [0.29, 0.717) is 12.0 Å². The minimum Gasteiger partial charge on any atom is -0.305 e. The largest absolute Gasteiger partial charge is 0.305 e. The number of rotatable bonds is 3. The maximum atomic E-state index is 6.01. The number of nitrogens with zero attached hydrogens (tertiary/aromatic N) is 4. The van der Waals surface area contributed by atoms with Crippen molar-refractivity contribution < 1.29 is 0 Å². The summed E-state index contributed by atoms with van der Waals surface area (Å²) < 4.78 is 4.58. The number of hydrogen-bond acceptors (Lipinski definition) is 5. The topological polar surface area (TPSA) is 32.3 Å². The summed E-state index contributed by atoms with van der Waals surface area (Å²) in [4.78, 5) is 4.70. The average molecular weight is 261 g/mol. The fourth-order valence-electron chi connectivity index (χ4n) is 2.35. The summed E-state index contributed by atoms with van der Waals surface area (Å²) in [6.07, 6.45) is 0. The first kappa shape index (κ1) is 12.2. The highest BCUT2D eigenvalue weighted by Crippen LogP contribution is 2.24. The minimum atomic E-state index is 0.630. The van der Waals surface area contributed by atoms with Crippen molar-refractivity contribution >= 4 is 23.1 Å². The summed E-state index contributed by atoms with van der Waals surface area (Å²) in [5, 5.41) is 4.06. The quantitative estimate of drug-likeness (QED) is 0.826. The fourth-order valence-corrected chi connectivity index (χ4v) is 2.96. The molecule has 2 heterocycles. The molecule has 1 aliphatic rings. The maximum Gasteiger partial charge on any atom is 0.138 e. The molecule has 2 rings (SSSR count). The van der Waals surface area contributed by atoms with Crippen LogP contribution in [0.25, 0.3) is 0 Å². The number of likely N-dealkylation sites (N-methyl/N-ethyl adjacent to an activating group) is 1. The van der Waals surface area contributed by atoms with Crippen LogP contribution in [0.3, 0.4) is 0 Å². The molecule has 1 fully saturated rings. The third-order valence-corrected chi connectivity index (χ3v) is 4.18. The van der Waals surface area contributed by atoms with Gasteiger partial charge in [0.25, 0.3) is 0 Å². The second-order valence-corrected chi connectivity index (χ2v) is 6.05. The highest BCUT2D eigenvalue weighted by Gasteiger charge is 2.31. The van der Waals surface area contributed by atoms with Gasteiger partial charge in [0.05, 0.1) is 0 Å². The van der Waals surface area contributed by atoms with E-state index < -0.39 is 0 Å². The zero-order valence-electron chi connectivity index (χ0n) is 9.85. The van der Waals surface area contributed by atoms with Crippen molar-refractivity contribution in [1.82, 2.24) is 19.4 Å². The third-order valence-electron chi connectivity index (χ3n) is 3.19. The molecule has 1 aromatic rings. The van der Waals surface area contributed by atoms with Crippen LogP contribution in [0.4, 0.5) is 0 Å². The van der Waals surface area contributed by atoms with Crippen LogP contribution in [-0.4, -0.2) is 52.6 Å². The second-order valence-electron chi connectivity index (χ2n) is 4.70. The van der Waals surface area contributed by atoms with Crippen LogP contribution in [0, 0.1) is 5.92 Å². The Morgan fingerprint density at radius 3 is 2.75 bits per heavy atom. The molecule has 1 aromatic heterocycles. The molecule has 0 spiro atoms. The molecule has 90 valence electrons. The number of aromatic nitrogens is 2. The van der Waals surface area contributed by atoms with Gasteiger partial charge in [0.1, 0.15) is 10.0 Å². The predicted octanol–water partition coefficient (Wildman–Crippen LogP) is 1.57. The van der Waals surface area contributed by atoms with E-state index in [4.69, 9.17) is 11.6 Å². The smallest absolute Gasteiger partial charge is 0.138 e. The first-order valence-electron chi connectivity index (χ1n) is 5.43. The number of halogens is 1. The molecule has 1 saturated heterocycles. The molecule has 16 heavy (non-hydrogen) atoms. The van der Waals surface area contributed by atoms with E-state index in [9.17, 15) is 0 Å². The summed E-state index contributed by atoms with van der Waals surface area (Å²) in [5.74, 6) is 0.695. The zero-order chi connectivity index (χ0) is 11.7. The molecule has 0 N–H and O–H groups in total. The molecule has 0 saturated carbocycles. The van der Waals surface area contributed by atoms with Gasteiger partial charge >= 0.3 is 0 Å². The normalized spacial score (nSPS) is 26.8. The number of hydrogen-bond donors (Lipinski definition) is 0. The van der Waals surface area contributed by atoms with E-state index in [1.54, 1.807) is 0 Å². The number of likely N-dealkylation sites (tertiary alicyclic amines) is 1. The SMILES string of the molecule is CC1CN(Cc2nnsc2Cl)CC1N(C)C.